The van der Waals surface area contributed by atoms with Crippen molar-refractivity contribution in [3.8, 4) is 0 Å². The van der Waals surface area contributed by atoms with Crippen LogP contribution in [0, 0.1) is 11.8 Å². The summed E-state index contributed by atoms with van der Waals surface area (Å²) in [6.07, 6.45) is 3.96. The van der Waals surface area contributed by atoms with Crippen molar-refractivity contribution in [2.75, 3.05) is 7.11 Å². The molecule has 0 saturated heterocycles. The average Bonchev–Trinajstić information content (AvgIpc) is 3.40. The number of ketones is 3. The smallest absolute Gasteiger partial charge is 0.182 e. The van der Waals surface area contributed by atoms with Crippen LogP contribution in [0.5, 0.6) is 0 Å². The number of Topliss-reactive ketones (excluding diaryl/α,β-unsaturated/α-hetero) is 3. The molecule has 0 heterocycles. The predicted molar refractivity (Wildman–Crippen MR) is 94.2 cm³/mol. The van der Waals surface area contributed by atoms with Crippen molar-refractivity contribution in [3.63, 3.8) is 0 Å². The lowest BCUT2D eigenvalue weighted by molar-refractivity contribution is -0.130. The molecule has 0 radical (unpaired) electrons. The fourth-order valence-corrected chi connectivity index (χ4v) is 3.76. The van der Waals surface area contributed by atoms with Crippen LogP contribution in [0.15, 0.2) is 17.3 Å². The number of carbonyl (C=O) groups excluding carboxylic acids is 3. The Bertz CT molecular complexity index is 780. The first-order valence-corrected chi connectivity index (χ1v) is 8.83. The number of rotatable bonds is 6. The predicted octanol–water partition coefficient (Wildman–Crippen LogP) is 3.39. The molecule has 1 atom stereocenters. The lowest BCUT2D eigenvalue weighted by atomic mass is 9.84. The number of oxime groups is 1. The third-order valence-corrected chi connectivity index (χ3v) is 5.17. The Labute approximate surface area is 151 Å². The van der Waals surface area contributed by atoms with Gasteiger partial charge in [0.25, 0.3) is 0 Å². The largest absolute Gasteiger partial charge is 0.399 e. The fraction of sp³-hybridized carbons (Fsp3) is 0.474. The standard InChI is InChI=1S/C19H20ClNO4/c1-10(22)15(18(23)12-6-7-12)19(24)13-9-8-11-4-3-5-14(21-25-2)16(11)17(13)20/h8-9,12,15H,3-7H2,1-2H3/b21-14-. The van der Waals surface area contributed by atoms with Gasteiger partial charge in [-0.3, -0.25) is 14.4 Å². The Morgan fingerprint density at radius 2 is 1.96 bits per heavy atom. The molecule has 1 unspecified atom stereocenters. The highest BCUT2D eigenvalue weighted by atomic mass is 35.5. The van der Waals surface area contributed by atoms with Gasteiger partial charge in [-0.05, 0) is 50.7 Å². The van der Waals surface area contributed by atoms with E-state index >= 15 is 0 Å². The summed E-state index contributed by atoms with van der Waals surface area (Å²) in [4.78, 5) is 42.2. The molecule has 2 aliphatic carbocycles. The number of hydrogen-bond donors (Lipinski definition) is 0. The van der Waals surface area contributed by atoms with E-state index in [1.165, 1.54) is 14.0 Å². The normalized spacial score (nSPS) is 19.2. The Balaban J connectivity index is 2.03. The maximum Gasteiger partial charge on any atom is 0.182 e. The molecule has 5 nitrogen and oxygen atoms in total. The molecule has 25 heavy (non-hydrogen) atoms. The molecular weight excluding hydrogens is 342 g/mol. The maximum atomic E-state index is 12.9. The second-order valence-corrected chi connectivity index (χ2v) is 7.00. The molecule has 0 spiro atoms. The van der Waals surface area contributed by atoms with E-state index in [0.29, 0.717) is 17.7 Å². The Hall–Kier alpha value is -2.01. The second kappa shape index (κ2) is 7.08. The molecule has 0 aliphatic heterocycles. The second-order valence-electron chi connectivity index (χ2n) is 6.62. The van der Waals surface area contributed by atoms with Crippen LogP contribution in [0.2, 0.25) is 5.02 Å². The number of benzene rings is 1. The van der Waals surface area contributed by atoms with Gasteiger partial charge in [0.15, 0.2) is 11.6 Å². The van der Waals surface area contributed by atoms with E-state index in [9.17, 15) is 14.4 Å². The number of aryl methyl sites for hydroxylation is 1. The highest BCUT2D eigenvalue weighted by Crippen LogP contribution is 2.36. The molecule has 1 aromatic rings. The van der Waals surface area contributed by atoms with Crippen molar-refractivity contribution in [1.29, 1.82) is 0 Å². The molecular formula is C19H20ClNO4. The summed E-state index contributed by atoms with van der Waals surface area (Å²) in [7, 11) is 1.46. The minimum Gasteiger partial charge on any atom is -0.399 e. The van der Waals surface area contributed by atoms with Crippen LogP contribution >= 0.6 is 11.6 Å². The summed E-state index contributed by atoms with van der Waals surface area (Å²) in [6.45, 7) is 1.28. The van der Waals surface area contributed by atoms with Crippen LogP contribution in [-0.2, 0) is 20.8 Å². The molecule has 3 rings (SSSR count). The molecule has 0 amide bonds. The number of carbonyl (C=O) groups is 3. The zero-order valence-electron chi connectivity index (χ0n) is 14.3. The van der Waals surface area contributed by atoms with E-state index < -0.39 is 17.5 Å². The number of hydrogen-bond acceptors (Lipinski definition) is 5. The zero-order valence-corrected chi connectivity index (χ0v) is 15.1. The summed E-state index contributed by atoms with van der Waals surface area (Å²) < 4.78 is 0. The van der Waals surface area contributed by atoms with Crippen molar-refractivity contribution in [2.45, 2.75) is 39.0 Å². The van der Waals surface area contributed by atoms with E-state index in [2.05, 4.69) is 5.16 Å². The summed E-state index contributed by atoms with van der Waals surface area (Å²) in [6, 6.07) is 3.45. The van der Waals surface area contributed by atoms with Crippen molar-refractivity contribution >= 4 is 34.7 Å². The van der Waals surface area contributed by atoms with E-state index in [1.54, 1.807) is 6.07 Å². The number of nitrogens with zero attached hydrogens (tertiary/aromatic N) is 1. The van der Waals surface area contributed by atoms with Crippen LogP contribution in [0.3, 0.4) is 0 Å². The van der Waals surface area contributed by atoms with Gasteiger partial charge in [-0.15, -0.1) is 0 Å². The average molecular weight is 362 g/mol. The summed E-state index contributed by atoms with van der Waals surface area (Å²) >= 11 is 6.52. The minimum atomic E-state index is -1.26. The van der Waals surface area contributed by atoms with Gasteiger partial charge in [0, 0.05) is 17.0 Å². The lowest BCUT2D eigenvalue weighted by Crippen LogP contribution is -2.32. The molecule has 1 saturated carbocycles. The van der Waals surface area contributed by atoms with Crippen LogP contribution in [0.4, 0.5) is 0 Å². The lowest BCUT2D eigenvalue weighted by Gasteiger charge is -2.21. The van der Waals surface area contributed by atoms with Crippen molar-refractivity contribution in [1.82, 2.24) is 0 Å². The van der Waals surface area contributed by atoms with Crippen LogP contribution in [0.25, 0.3) is 0 Å². The van der Waals surface area contributed by atoms with Crippen LogP contribution in [-0.4, -0.2) is 30.2 Å². The van der Waals surface area contributed by atoms with E-state index in [-0.39, 0.29) is 22.3 Å². The van der Waals surface area contributed by atoms with Gasteiger partial charge in [0.1, 0.15) is 18.8 Å². The Morgan fingerprint density at radius 1 is 1.24 bits per heavy atom. The van der Waals surface area contributed by atoms with Crippen LogP contribution < -0.4 is 0 Å². The SMILES string of the molecule is CO/N=C1/CCCc2ccc(C(=O)C(C(C)=O)C(=O)C3CC3)c(Cl)c21. The van der Waals surface area contributed by atoms with Gasteiger partial charge in [-0.2, -0.15) is 0 Å². The first kappa shape index (κ1) is 17.8. The number of halogens is 1. The van der Waals surface area contributed by atoms with Crippen LogP contribution in [0.1, 0.15) is 54.1 Å². The Kier molecular flexibility index (Phi) is 5.04. The molecule has 0 aromatic heterocycles. The van der Waals surface area contributed by atoms with E-state index in [1.807, 2.05) is 6.07 Å². The maximum absolute atomic E-state index is 12.9. The molecule has 6 heteroatoms. The van der Waals surface area contributed by atoms with Crippen molar-refractivity contribution < 1.29 is 19.2 Å². The summed E-state index contributed by atoms with van der Waals surface area (Å²) in [5, 5.41) is 4.28. The molecule has 1 aromatic carbocycles. The molecule has 2 aliphatic rings. The molecule has 132 valence electrons. The summed E-state index contributed by atoms with van der Waals surface area (Å²) in [5.41, 5.74) is 2.59. The highest BCUT2D eigenvalue weighted by molar-refractivity contribution is 6.39. The van der Waals surface area contributed by atoms with Gasteiger partial charge in [0.2, 0.25) is 0 Å². The van der Waals surface area contributed by atoms with Crippen molar-refractivity contribution in [2.24, 2.45) is 17.0 Å². The van der Waals surface area contributed by atoms with Gasteiger partial charge in [-0.1, -0.05) is 22.8 Å². The third kappa shape index (κ3) is 3.38. The minimum absolute atomic E-state index is 0.167. The van der Waals surface area contributed by atoms with Gasteiger partial charge in [-0.25, -0.2) is 0 Å². The molecule has 1 fully saturated rings. The first-order valence-electron chi connectivity index (χ1n) is 8.45. The molecule has 0 N–H and O–H groups in total. The Morgan fingerprint density at radius 3 is 2.56 bits per heavy atom. The summed E-state index contributed by atoms with van der Waals surface area (Å²) in [5.74, 6) is -2.65. The van der Waals surface area contributed by atoms with Gasteiger partial charge >= 0.3 is 0 Å². The highest BCUT2D eigenvalue weighted by Gasteiger charge is 2.41. The molecule has 0 bridgehead atoms. The van der Waals surface area contributed by atoms with Gasteiger partial charge in [0.05, 0.1) is 10.7 Å². The third-order valence-electron chi connectivity index (χ3n) is 4.78. The quantitative estimate of drug-likeness (QED) is 0.442. The zero-order chi connectivity index (χ0) is 18.1. The fourth-order valence-electron chi connectivity index (χ4n) is 3.37. The monoisotopic (exact) mass is 361 g/mol. The first-order chi connectivity index (χ1) is 12.0. The number of fused-ring (bicyclic) bond motifs is 1. The van der Waals surface area contributed by atoms with Gasteiger partial charge < -0.3 is 4.84 Å². The topological polar surface area (TPSA) is 72.8 Å². The van der Waals surface area contributed by atoms with Crippen molar-refractivity contribution in [3.05, 3.63) is 33.8 Å². The van der Waals surface area contributed by atoms with E-state index in [0.717, 1.165) is 31.2 Å². The van der Waals surface area contributed by atoms with E-state index in [4.69, 9.17) is 16.4 Å².